The topological polar surface area (TPSA) is 75.4 Å². The zero-order valence-electron chi connectivity index (χ0n) is 16.2. The zero-order chi connectivity index (χ0) is 19.6. The lowest BCUT2D eigenvalue weighted by Gasteiger charge is -2.47. The van der Waals surface area contributed by atoms with E-state index >= 15 is 0 Å². The fraction of sp³-hybridized carbons (Fsp3) is 0.619. The highest BCUT2D eigenvalue weighted by molar-refractivity contribution is 6.31. The molecule has 27 heavy (non-hydrogen) atoms. The molecule has 1 aromatic carbocycles. The van der Waals surface area contributed by atoms with Gasteiger partial charge < -0.3 is 16.0 Å². The number of amides is 2. The van der Waals surface area contributed by atoms with Gasteiger partial charge in [0.15, 0.2) is 0 Å². The average Bonchev–Trinajstić information content (AvgIpc) is 3.07. The molecule has 1 spiro atoms. The van der Waals surface area contributed by atoms with E-state index in [0.29, 0.717) is 11.4 Å². The third-order valence-electron chi connectivity index (χ3n) is 6.35. The van der Waals surface area contributed by atoms with Gasteiger partial charge in [-0.25, -0.2) is 0 Å². The second kappa shape index (κ2) is 8.19. The predicted molar refractivity (Wildman–Crippen MR) is 108 cm³/mol. The number of halogens is 1. The molecular weight excluding hydrogens is 362 g/mol. The summed E-state index contributed by atoms with van der Waals surface area (Å²) < 4.78 is 0. The van der Waals surface area contributed by atoms with Crippen LogP contribution in [0.25, 0.3) is 0 Å². The van der Waals surface area contributed by atoms with Crippen LogP contribution < -0.4 is 11.1 Å². The van der Waals surface area contributed by atoms with Crippen molar-refractivity contribution in [3.05, 3.63) is 34.9 Å². The molecule has 3 N–H and O–H groups in total. The summed E-state index contributed by atoms with van der Waals surface area (Å²) in [7, 11) is 0. The van der Waals surface area contributed by atoms with E-state index in [0.717, 1.165) is 44.2 Å². The van der Waals surface area contributed by atoms with E-state index < -0.39 is 0 Å². The summed E-state index contributed by atoms with van der Waals surface area (Å²) in [5.41, 5.74) is 7.03. The summed E-state index contributed by atoms with van der Waals surface area (Å²) >= 11 is 6.25. The monoisotopic (exact) mass is 391 g/mol. The van der Waals surface area contributed by atoms with E-state index in [4.69, 9.17) is 17.3 Å². The molecule has 4 unspecified atom stereocenters. The molecule has 1 aliphatic carbocycles. The van der Waals surface area contributed by atoms with E-state index in [2.05, 4.69) is 10.2 Å². The molecule has 1 saturated heterocycles. The van der Waals surface area contributed by atoms with Crippen LogP contribution in [0, 0.1) is 0 Å². The molecule has 1 saturated carbocycles. The van der Waals surface area contributed by atoms with Crippen LogP contribution in [-0.4, -0.2) is 40.9 Å². The van der Waals surface area contributed by atoms with Crippen molar-refractivity contribution >= 4 is 23.4 Å². The van der Waals surface area contributed by atoms with Gasteiger partial charge in [-0.05, 0) is 50.7 Å². The smallest absolute Gasteiger partial charge is 0.227 e. The number of hydrogen-bond acceptors (Lipinski definition) is 3. The molecule has 0 radical (unpaired) electrons. The van der Waals surface area contributed by atoms with Crippen molar-refractivity contribution in [2.24, 2.45) is 5.73 Å². The largest absolute Gasteiger partial charge is 0.351 e. The van der Waals surface area contributed by atoms with Crippen LogP contribution in [0.15, 0.2) is 24.3 Å². The molecule has 2 fully saturated rings. The first kappa shape index (κ1) is 20.2. The normalized spacial score (nSPS) is 29.0. The van der Waals surface area contributed by atoms with Crippen molar-refractivity contribution < 1.29 is 9.59 Å². The third-order valence-corrected chi connectivity index (χ3v) is 6.70. The molecule has 2 aliphatic rings. The van der Waals surface area contributed by atoms with Gasteiger partial charge in [0, 0.05) is 35.6 Å². The van der Waals surface area contributed by atoms with Crippen LogP contribution in [0.1, 0.15) is 63.9 Å². The first-order chi connectivity index (χ1) is 12.9. The summed E-state index contributed by atoms with van der Waals surface area (Å²) in [4.78, 5) is 27.4. The number of carbonyl (C=O) groups is 2. The second-order valence-corrected chi connectivity index (χ2v) is 8.40. The summed E-state index contributed by atoms with van der Waals surface area (Å²) in [6.45, 7) is 4.59. The predicted octanol–water partition coefficient (Wildman–Crippen LogP) is 3.21. The lowest BCUT2D eigenvalue weighted by Crippen LogP contribution is -2.60. The Bertz CT molecular complexity index is 710. The highest BCUT2D eigenvalue weighted by atomic mass is 35.5. The molecule has 1 aromatic rings. The molecular formula is C21H30ClN3O2. The fourth-order valence-corrected chi connectivity index (χ4v) is 5.02. The SMILES string of the molecule is CCC(=O)N1CCCC12CCC(N)C(NC(=O)C(C)c1ccccc1Cl)C2. The molecule has 4 atom stereocenters. The number of rotatable bonds is 4. The Morgan fingerprint density at radius 2 is 2.11 bits per heavy atom. The molecule has 0 bridgehead atoms. The molecule has 5 nitrogen and oxygen atoms in total. The van der Waals surface area contributed by atoms with Crippen molar-refractivity contribution in [1.29, 1.82) is 0 Å². The van der Waals surface area contributed by atoms with Crippen LogP contribution in [0.5, 0.6) is 0 Å². The standard InChI is InChI=1S/C21H30ClN3O2/c1-3-19(26)25-12-6-10-21(25)11-9-17(23)18(13-21)24-20(27)14(2)15-7-4-5-8-16(15)22/h4-5,7-8,14,17-18H,3,6,9-13,23H2,1-2H3,(H,24,27). The Morgan fingerprint density at radius 3 is 2.81 bits per heavy atom. The first-order valence-corrected chi connectivity index (χ1v) is 10.4. The number of carbonyl (C=O) groups excluding carboxylic acids is 2. The fourth-order valence-electron chi connectivity index (χ4n) is 4.72. The Labute approximate surface area is 166 Å². The maximum absolute atomic E-state index is 12.9. The summed E-state index contributed by atoms with van der Waals surface area (Å²) in [5.74, 6) is -0.204. The van der Waals surface area contributed by atoms with E-state index in [1.165, 1.54) is 0 Å². The minimum atomic E-state index is -0.347. The lowest BCUT2D eigenvalue weighted by molar-refractivity contribution is -0.136. The van der Waals surface area contributed by atoms with Gasteiger partial charge >= 0.3 is 0 Å². The van der Waals surface area contributed by atoms with Gasteiger partial charge in [-0.3, -0.25) is 9.59 Å². The highest BCUT2D eigenvalue weighted by Crippen LogP contribution is 2.42. The number of nitrogens with one attached hydrogen (secondary N) is 1. The second-order valence-electron chi connectivity index (χ2n) is 7.99. The zero-order valence-corrected chi connectivity index (χ0v) is 17.0. The van der Waals surface area contributed by atoms with Crippen LogP contribution in [-0.2, 0) is 9.59 Å². The third kappa shape index (κ3) is 3.99. The molecule has 6 heteroatoms. The summed E-state index contributed by atoms with van der Waals surface area (Å²) in [6.07, 6.45) is 5.02. The van der Waals surface area contributed by atoms with Crippen molar-refractivity contribution in [3.63, 3.8) is 0 Å². The van der Waals surface area contributed by atoms with Crippen molar-refractivity contribution in [1.82, 2.24) is 10.2 Å². The number of hydrogen-bond donors (Lipinski definition) is 2. The van der Waals surface area contributed by atoms with Gasteiger partial charge in [-0.1, -0.05) is 36.7 Å². The van der Waals surface area contributed by atoms with E-state index in [-0.39, 0.29) is 35.4 Å². The number of likely N-dealkylation sites (tertiary alicyclic amines) is 1. The first-order valence-electron chi connectivity index (χ1n) is 9.99. The van der Waals surface area contributed by atoms with Crippen LogP contribution in [0.3, 0.4) is 0 Å². The Morgan fingerprint density at radius 1 is 1.37 bits per heavy atom. The van der Waals surface area contributed by atoms with Gasteiger partial charge in [0.05, 0.1) is 5.92 Å². The van der Waals surface area contributed by atoms with Crippen molar-refractivity contribution in [3.8, 4) is 0 Å². The van der Waals surface area contributed by atoms with Gasteiger partial charge in [0.1, 0.15) is 0 Å². The Hall–Kier alpha value is -1.59. The molecule has 0 aromatic heterocycles. The van der Waals surface area contributed by atoms with Gasteiger partial charge in [0.2, 0.25) is 11.8 Å². The van der Waals surface area contributed by atoms with E-state index in [1.54, 1.807) is 6.07 Å². The van der Waals surface area contributed by atoms with Crippen LogP contribution in [0.2, 0.25) is 5.02 Å². The average molecular weight is 392 g/mol. The van der Waals surface area contributed by atoms with Gasteiger partial charge in [0.25, 0.3) is 0 Å². The molecule has 3 rings (SSSR count). The van der Waals surface area contributed by atoms with Crippen LogP contribution in [0.4, 0.5) is 0 Å². The lowest BCUT2D eigenvalue weighted by atomic mass is 9.74. The molecule has 1 aliphatic heterocycles. The maximum atomic E-state index is 12.9. The van der Waals surface area contributed by atoms with Crippen molar-refractivity contribution in [2.75, 3.05) is 6.54 Å². The van der Waals surface area contributed by atoms with Crippen molar-refractivity contribution in [2.45, 2.75) is 75.9 Å². The molecule has 148 valence electrons. The molecule has 1 heterocycles. The van der Waals surface area contributed by atoms with Gasteiger partial charge in [-0.2, -0.15) is 0 Å². The quantitative estimate of drug-likeness (QED) is 0.827. The minimum absolute atomic E-state index is 0.0630. The number of benzene rings is 1. The summed E-state index contributed by atoms with van der Waals surface area (Å²) in [5, 5.41) is 3.76. The number of nitrogens with two attached hydrogens (primary N) is 1. The van der Waals surface area contributed by atoms with Crippen LogP contribution >= 0.6 is 11.6 Å². The van der Waals surface area contributed by atoms with E-state index in [1.807, 2.05) is 32.0 Å². The highest BCUT2D eigenvalue weighted by Gasteiger charge is 2.48. The maximum Gasteiger partial charge on any atom is 0.227 e. The molecule has 2 amide bonds. The number of nitrogens with zero attached hydrogens (tertiary/aromatic N) is 1. The van der Waals surface area contributed by atoms with E-state index in [9.17, 15) is 9.59 Å². The minimum Gasteiger partial charge on any atom is -0.351 e. The Balaban J connectivity index is 1.73. The Kier molecular flexibility index (Phi) is 6.11. The van der Waals surface area contributed by atoms with Gasteiger partial charge in [-0.15, -0.1) is 0 Å². The summed E-state index contributed by atoms with van der Waals surface area (Å²) in [6, 6.07) is 7.22.